The van der Waals surface area contributed by atoms with Crippen molar-refractivity contribution in [2.45, 2.75) is 64.6 Å². The Kier molecular flexibility index (Phi) is 9.19. The molecule has 0 bridgehead atoms. The van der Waals surface area contributed by atoms with Gasteiger partial charge in [0, 0.05) is 39.2 Å². The van der Waals surface area contributed by atoms with E-state index in [2.05, 4.69) is 10.0 Å². The minimum Gasteiger partial charge on any atom is -0.463 e. The lowest BCUT2D eigenvalue weighted by molar-refractivity contribution is -0.252. The smallest absolute Gasteiger partial charge is 0.303 e. The van der Waals surface area contributed by atoms with Gasteiger partial charge in [0.05, 0.1) is 6.10 Å². The van der Waals surface area contributed by atoms with Crippen molar-refractivity contribution < 1.29 is 42.9 Å². The minimum absolute atomic E-state index is 0.00421. The quantitative estimate of drug-likeness (QED) is 0.188. The fourth-order valence-electron chi connectivity index (χ4n) is 2.78. The first-order chi connectivity index (χ1) is 13.1. The van der Waals surface area contributed by atoms with E-state index in [9.17, 15) is 19.2 Å². The SMILES string of the molecule is CC(=O)OC[C@H]1OC(CCN=[N+]=[N-])[C@H](OC(C)=O)[C@@H](OC(C)=O)[C@H]1OC(C)=O. The largest absolute Gasteiger partial charge is 0.463 e. The lowest BCUT2D eigenvalue weighted by Gasteiger charge is -2.44. The van der Waals surface area contributed by atoms with Crippen molar-refractivity contribution >= 4 is 23.9 Å². The van der Waals surface area contributed by atoms with Crippen molar-refractivity contribution in [1.29, 1.82) is 0 Å². The molecule has 0 aromatic rings. The second-order valence-electron chi connectivity index (χ2n) is 5.98. The normalized spacial score (nSPS) is 26.4. The molecule has 0 N–H and O–H groups in total. The zero-order chi connectivity index (χ0) is 21.3. The van der Waals surface area contributed by atoms with E-state index in [1.807, 2.05) is 0 Å². The molecule has 12 nitrogen and oxygen atoms in total. The van der Waals surface area contributed by atoms with E-state index >= 15 is 0 Å². The van der Waals surface area contributed by atoms with Crippen LogP contribution < -0.4 is 0 Å². The van der Waals surface area contributed by atoms with Gasteiger partial charge in [0.2, 0.25) is 0 Å². The van der Waals surface area contributed by atoms with Gasteiger partial charge < -0.3 is 23.7 Å². The average molecular weight is 401 g/mol. The third kappa shape index (κ3) is 7.41. The maximum Gasteiger partial charge on any atom is 0.303 e. The van der Waals surface area contributed by atoms with Gasteiger partial charge in [-0.15, -0.1) is 0 Å². The van der Waals surface area contributed by atoms with Gasteiger partial charge in [-0.2, -0.15) is 0 Å². The second kappa shape index (κ2) is 11.1. The van der Waals surface area contributed by atoms with Gasteiger partial charge in [-0.1, -0.05) is 5.11 Å². The van der Waals surface area contributed by atoms with Crippen molar-refractivity contribution in [1.82, 2.24) is 0 Å². The fraction of sp³-hybridized carbons (Fsp3) is 0.750. The van der Waals surface area contributed by atoms with E-state index in [1.165, 1.54) is 6.92 Å². The number of azide groups is 1. The Morgan fingerprint density at radius 1 is 0.857 bits per heavy atom. The monoisotopic (exact) mass is 401 g/mol. The van der Waals surface area contributed by atoms with Crippen LogP contribution >= 0.6 is 0 Å². The molecule has 1 saturated heterocycles. The molecule has 1 heterocycles. The van der Waals surface area contributed by atoms with Crippen molar-refractivity contribution in [3.05, 3.63) is 10.4 Å². The van der Waals surface area contributed by atoms with Crippen molar-refractivity contribution in [2.75, 3.05) is 13.2 Å². The topological polar surface area (TPSA) is 163 Å². The van der Waals surface area contributed by atoms with Gasteiger partial charge in [0.1, 0.15) is 12.7 Å². The minimum atomic E-state index is -1.21. The molecule has 0 radical (unpaired) electrons. The van der Waals surface area contributed by atoms with E-state index in [0.717, 1.165) is 20.8 Å². The molecule has 28 heavy (non-hydrogen) atoms. The van der Waals surface area contributed by atoms with Crippen LogP contribution in [0.25, 0.3) is 10.4 Å². The number of carbonyl (C=O) groups is 4. The number of hydrogen-bond donors (Lipinski definition) is 0. The van der Waals surface area contributed by atoms with Gasteiger partial charge in [-0.25, -0.2) is 0 Å². The molecular formula is C16H23N3O9. The molecule has 0 spiro atoms. The Hall–Kier alpha value is -2.85. The number of esters is 4. The van der Waals surface area contributed by atoms with Crippen LogP contribution in [0.5, 0.6) is 0 Å². The fourth-order valence-corrected chi connectivity index (χ4v) is 2.78. The summed E-state index contributed by atoms with van der Waals surface area (Å²) in [5, 5.41) is 3.41. The molecule has 12 heteroatoms. The molecule has 0 aromatic carbocycles. The molecule has 5 atom stereocenters. The Morgan fingerprint density at radius 3 is 1.82 bits per heavy atom. The van der Waals surface area contributed by atoms with E-state index in [0.29, 0.717) is 0 Å². The molecule has 1 fully saturated rings. The maximum atomic E-state index is 11.6. The highest BCUT2D eigenvalue weighted by Gasteiger charge is 2.51. The van der Waals surface area contributed by atoms with Crippen LogP contribution in [-0.2, 0) is 42.9 Å². The first kappa shape index (κ1) is 23.2. The Labute approximate surface area is 161 Å². The van der Waals surface area contributed by atoms with Gasteiger partial charge in [0.15, 0.2) is 18.3 Å². The van der Waals surface area contributed by atoms with E-state index < -0.39 is 54.4 Å². The first-order valence-corrected chi connectivity index (χ1v) is 8.47. The molecule has 0 aromatic heterocycles. The number of rotatable bonds is 8. The molecular weight excluding hydrogens is 378 g/mol. The van der Waals surface area contributed by atoms with Crippen LogP contribution in [0, 0.1) is 0 Å². The lowest BCUT2D eigenvalue weighted by Crippen LogP contribution is -2.62. The number of ether oxygens (including phenoxy) is 5. The Bertz CT molecular complexity index is 615. The molecule has 0 aliphatic carbocycles. The molecule has 1 aliphatic rings. The zero-order valence-electron chi connectivity index (χ0n) is 16.0. The van der Waals surface area contributed by atoms with E-state index in [-0.39, 0.29) is 19.6 Å². The van der Waals surface area contributed by atoms with E-state index in [4.69, 9.17) is 29.2 Å². The van der Waals surface area contributed by atoms with Crippen LogP contribution in [0.15, 0.2) is 5.11 Å². The summed E-state index contributed by atoms with van der Waals surface area (Å²) in [6, 6.07) is 0. The summed E-state index contributed by atoms with van der Waals surface area (Å²) in [7, 11) is 0. The van der Waals surface area contributed by atoms with Crippen LogP contribution in [0.2, 0.25) is 0 Å². The molecule has 156 valence electrons. The highest BCUT2D eigenvalue weighted by Crippen LogP contribution is 2.30. The van der Waals surface area contributed by atoms with Crippen molar-refractivity contribution in [3.63, 3.8) is 0 Å². The molecule has 1 unspecified atom stereocenters. The Balaban J connectivity index is 3.26. The predicted molar refractivity (Wildman–Crippen MR) is 90.6 cm³/mol. The summed E-state index contributed by atoms with van der Waals surface area (Å²) in [6.07, 6.45) is -5.29. The third-order valence-corrected chi connectivity index (χ3v) is 3.66. The number of hydrogen-bond acceptors (Lipinski definition) is 10. The highest BCUT2D eigenvalue weighted by molar-refractivity contribution is 5.68. The van der Waals surface area contributed by atoms with Crippen LogP contribution in [0.4, 0.5) is 0 Å². The second-order valence-corrected chi connectivity index (χ2v) is 5.98. The Morgan fingerprint density at radius 2 is 1.36 bits per heavy atom. The number of carbonyl (C=O) groups excluding carboxylic acids is 4. The summed E-state index contributed by atoms with van der Waals surface area (Å²) in [6.45, 7) is 4.33. The standard InChI is InChI=1S/C16H23N3O9/c1-8(20)24-7-13-15(26-10(3)22)16(27-11(4)23)14(25-9(2)21)12(28-13)5-6-18-19-17/h12-16H,5-7H2,1-4H3/t12?,13-,14+,15+,16-/m1/s1. The van der Waals surface area contributed by atoms with Crippen molar-refractivity contribution in [3.8, 4) is 0 Å². The lowest BCUT2D eigenvalue weighted by atomic mass is 9.92. The molecule has 0 amide bonds. The zero-order valence-corrected chi connectivity index (χ0v) is 16.0. The highest BCUT2D eigenvalue weighted by atomic mass is 16.7. The summed E-state index contributed by atoms with van der Waals surface area (Å²) < 4.78 is 26.5. The number of nitrogens with zero attached hydrogens (tertiary/aromatic N) is 3. The van der Waals surface area contributed by atoms with Crippen LogP contribution in [0.3, 0.4) is 0 Å². The van der Waals surface area contributed by atoms with Crippen molar-refractivity contribution in [2.24, 2.45) is 5.11 Å². The maximum absolute atomic E-state index is 11.6. The van der Waals surface area contributed by atoms with Gasteiger partial charge in [0.25, 0.3) is 0 Å². The first-order valence-electron chi connectivity index (χ1n) is 8.47. The van der Waals surface area contributed by atoms with Crippen LogP contribution in [0.1, 0.15) is 34.1 Å². The van der Waals surface area contributed by atoms with E-state index in [1.54, 1.807) is 0 Å². The summed E-state index contributed by atoms with van der Waals surface area (Å²) in [4.78, 5) is 48.6. The molecule has 1 aliphatic heterocycles. The molecule has 1 rings (SSSR count). The van der Waals surface area contributed by atoms with Gasteiger partial charge in [-0.05, 0) is 12.0 Å². The summed E-state index contributed by atoms with van der Waals surface area (Å²) in [5.41, 5.74) is 8.46. The van der Waals surface area contributed by atoms with Crippen LogP contribution in [-0.4, -0.2) is 67.5 Å². The summed E-state index contributed by atoms with van der Waals surface area (Å²) in [5.74, 6) is -2.68. The third-order valence-electron chi connectivity index (χ3n) is 3.66. The van der Waals surface area contributed by atoms with Gasteiger partial charge >= 0.3 is 23.9 Å². The average Bonchev–Trinajstić information content (AvgIpc) is 2.57. The molecule has 0 saturated carbocycles. The summed E-state index contributed by atoms with van der Waals surface area (Å²) >= 11 is 0. The van der Waals surface area contributed by atoms with Gasteiger partial charge in [-0.3, -0.25) is 19.2 Å². The predicted octanol–water partition coefficient (Wildman–Crippen LogP) is 0.812.